The summed E-state index contributed by atoms with van der Waals surface area (Å²) in [4.78, 5) is 7.28. The maximum absolute atomic E-state index is 6.34. The van der Waals surface area contributed by atoms with Crippen LogP contribution in [0.3, 0.4) is 0 Å². The maximum atomic E-state index is 6.34. The SMILES string of the molecule is COc1ccccc1C(CN=C(N)NC1CCOc2ccccc21)N1CCCCC1.I. The van der Waals surface area contributed by atoms with Gasteiger partial charge < -0.3 is 20.5 Å². The Morgan fingerprint density at radius 1 is 1.16 bits per heavy atom. The molecule has 6 nitrogen and oxygen atoms in total. The number of hydrogen-bond acceptors (Lipinski definition) is 4. The molecular formula is C24H33IN4O2. The second kappa shape index (κ2) is 11.6. The number of para-hydroxylation sites is 2. The van der Waals surface area contributed by atoms with E-state index in [9.17, 15) is 0 Å². The summed E-state index contributed by atoms with van der Waals surface area (Å²) >= 11 is 0. The molecular weight excluding hydrogens is 503 g/mol. The zero-order valence-corrected chi connectivity index (χ0v) is 20.5. The number of nitrogens with zero attached hydrogens (tertiary/aromatic N) is 2. The smallest absolute Gasteiger partial charge is 0.189 e. The van der Waals surface area contributed by atoms with Gasteiger partial charge in [0.05, 0.1) is 32.3 Å². The molecule has 2 aromatic carbocycles. The lowest BCUT2D eigenvalue weighted by Gasteiger charge is -2.34. The van der Waals surface area contributed by atoms with Gasteiger partial charge in [-0.15, -0.1) is 24.0 Å². The average molecular weight is 536 g/mol. The van der Waals surface area contributed by atoms with Gasteiger partial charge in [-0.3, -0.25) is 9.89 Å². The third-order valence-corrected chi connectivity index (χ3v) is 6.04. The third kappa shape index (κ3) is 5.83. The Bertz CT molecular complexity index is 870. The minimum absolute atomic E-state index is 0. The number of guanidine groups is 1. The normalized spacial score (nSPS) is 20.0. The molecule has 2 aliphatic heterocycles. The lowest BCUT2D eigenvalue weighted by Crippen LogP contribution is -2.39. The number of aliphatic imine (C=N–C) groups is 1. The van der Waals surface area contributed by atoms with Crippen LogP contribution in [0.25, 0.3) is 0 Å². The Labute approximate surface area is 202 Å². The minimum Gasteiger partial charge on any atom is -0.496 e. The van der Waals surface area contributed by atoms with E-state index in [0.717, 1.165) is 36.6 Å². The first kappa shape index (κ1) is 23.7. The van der Waals surface area contributed by atoms with Gasteiger partial charge >= 0.3 is 0 Å². The molecule has 2 unspecified atom stereocenters. The van der Waals surface area contributed by atoms with Gasteiger partial charge in [-0.1, -0.05) is 42.8 Å². The average Bonchev–Trinajstić information content (AvgIpc) is 2.80. The highest BCUT2D eigenvalue weighted by atomic mass is 127. The molecule has 0 bridgehead atoms. The molecule has 0 aliphatic carbocycles. The highest BCUT2D eigenvalue weighted by Crippen LogP contribution is 2.33. The Balaban J connectivity index is 0.00000272. The molecule has 168 valence electrons. The highest BCUT2D eigenvalue weighted by Gasteiger charge is 2.25. The van der Waals surface area contributed by atoms with Gasteiger partial charge in [-0.25, -0.2) is 0 Å². The lowest BCUT2D eigenvalue weighted by molar-refractivity contribution is 0.165. The minimum atomic E-state index is 0. The van der Waals surface area contributed by atoms with Gasteiger partial charge in [-0.05, 0) is 38.1 Å². The first-order chi connectivity index (χ1) is 14.8. The van der Waals surface area contributed by atoms with Crippen molar-refractivity contribution in [3.63, 3.8) is 0 Å². The van der Waals surface area contributed by atoms with Crippen molar-refractivity contribution in [3.8, 4) is 11.5 Å². The van der Waals surface area contributed by atoms with E-state index in [0.29, 0.717) is 19.1 Å². The molecule has 0 spiro atoms. The number of methoxy groups -OCH3 is 1. The number of halogens is 1. The molecule has 31 heavy (non-hydrogen) atoms. The Morgan fingerprint density at radius 3 is 2.71 bits per heavy atom. The standard InChI is InChI=1S/C24H32N4O2.HI/c1-29-22-11-5-4-10-19(22)21(28-14-7-2-8-15-28)17-26-24(25)27-20-13-16-30-23-12-6-3-9-18(20)23;/h3-6,9-12,20-21H,2,7-8,13-17H2,1H3,(H3,25,26,27);1H. The number of hydrogen-bond donors (Lipinski definition) is 2. The quantitative estimate of drug-likeness (QED) is 0.328. The van der Waals surface area contributed by atoms with Crippen molar-refractivity contribution in [1.29, 1.82) is 0 Å². The number of nitrogens with two attached hydrogens (primary N) is 1. The first-order valence-electron chi connectivity index (χ1n) is 10.9. The predicted octanol–water partition coefficient (Wildman–Crippen LogP) is 4.27. The van der Waals surface area contributed by atoms with Crippen molar-refractivity contribution in [2.45, 2.75) is 37.8 Å². The Morgan fingerprint density at radius 2 is 1.90 bits per heavy atom. The zero-order chi connectivity index (χ0) is 20.8. The number of piperidine rings is 1. The van der Waals surface area contributed by atoms with Crippen molar-refractivity contribution >= 4 is 29.9 Å². The van der Waals surface area contributed by atoms with Crippen molar-refractivity contribution in [1.82, 2.24) is 10.2 Å². The predicted molar refractivity (Wildman–Crippen MR) is 135 cm³/mol. The van der Waals surface area contributed by atoms with Gasteiger partial charge in [0.15, 0.2) is 5.96 Å². The summed E-state index contributed by atoms with van der Waals surface area (Å²) in [5, 5.41) is 3.41. The molecule has 1 saturated heterocycles. The van der Waals surface area contributed by atoms with Crippen LogP contribution in [0.2, 0.25) is 0 Å². The molecule has 0 saturated carbocycles. The van der Waals surface area contributed by atoms with E-state index < -0.39 is 0 Å². The molecule has 2 aromatic rings. The van der Waals surface area contributed by atoms with E-state index in [1.165, 1.54) is 24.8 Å². The number of ether oxygens (including phenoxy) is 2. The van der Waals surface area contributed by atoms with E-state index in [4.69, 9.17) is 20.2 Å². The van der Waals surface area contributed by atoms with Crippen LogP contribution in [0.4, 0.5) is 0 Å². The Kier molecular flexibility index (Phi) is 8.83. The third-order valence-electron chi connectivity index (χ3n) is 6.04. The summed E-state index contributed by atoms with van der Waals surface area (Å²) in [5.74, 6) is 2.32. The monoisotopic (exact) mass is 536 g/mol. The second-order valence-electron chi connectivity index (χ2n) is 7.95. The molecule has 1 fully saturated rings. The van der Waals surface area contributed by atoms with Crippen LogP contribution in [0.15, 0.2) is 53.5 Å². The van der Waals surface area contributed by atoms with Gasteiger partial charge in [0, 0.05) is 17.5 Å². The van der Waals surface area contributed by atoms with Crippen LogP contribution in [0, 0.1) is 0 Å². The highest BCUT2D eigenvalue weighted by molar-refractivity contribution is 14.0. The largest absolute Gasteiger partial charge is 0.496 e. The lowest BCUT2D eigenvalue weighted by atomic mass is 10.0. The summed E-state index contributed by atoms with van der Waals surface area (Å²) in [6.45, 7) is 3.45. The number of nitrogens with one attached hydrogen (secondary N) is 1. The van der Waals surface area contributed by atoms with E-state index in [-0.39, 0.29) is 36.1 Å². The molecule has 3 N–H and O–H groups in total. The number of rotatable bonds is 6. The summed E-state index contributed by atoms with van der Waals surface area (Å²) in [6.07, 6.45) is 4.62. The van der Waals surface area contributed by atoms with Crippen molar-refractivity contribution in [2.24, 2.45) is 10.7 Å². The van der Waals surface area contributed by atoms with Crippen LogP contribution >= 0.6 is 24.0 Å². The van der Waals surface area contributed by atoms with Crippen LogP contribution in [-0.2, 0) is 0 Å². The van der Waals surface area contributed by atoms with Crippen LogP contribution in [-0.4, -0.2) is 44.2 Å². The van der Waals surface area contributed by atoms with Crippen LogP contribution < -0.4 is 20.5 Å². The second-order valence-corrected chi connectivity index (χ2v) is 7.95. The fourth-order valence-electron chi connectivity index (χ4n) is 4.48. The summed E-state index contributed by atoms with van der Waals surface area (Å²) < 4.78 is 11.4. The van der Waals surface area contributed by atoms with E-state index >= 15 is 0 Å². The Hall–Kier alpha value is -2.00. The number of likely N-dealkylation sites (tertiary alicyclic amines) is 1. The molecule has 7 heteroatoms. The molecule has 4 rings (SSSR count). The van der Waals surface area contributed by atoms with Crippen LogP contribution in [0.1, 0.15) is 48.9 Å². The van der Waals surface area contributed by atoms with E-state index in [1.807, 2.05) is 30.3 Å². The summed E-state index contributed by atoms with van der Waals surface area (Å²) in [6, 6.07) is 16.6. The zero-order valence-electron chi connectivity index (χ0n) is 18.1. The fourth-order valence-corrected chi connectivity index (χ4v) is 4.48. The summed E-state index contributed by atoms with van der Waals surface area (Å²) in [5.41, 5.74) is 8.65. The van der Waals surface area contributed by atoms with E-state index in [2.05, 4.69) is 28.4 Å². The maximum Gasteiger partial charge on any atom is 0.189 e. The van der Waals surface area contributed by atoms with Crippen LogP contribution in [0.5, 0.6) is 11.5 Å². The number of benzene rings is 2. The summed E-state index contributed by atoms with van der Waals surface area (Å²) in [7, 11) is 1.73. The topological polar surface area (TPSA) is 72.1 Å². The van der Waals surface area contributed by atoms with Gasteiger partial charge in [0.2, 0.25) is 0 Å². The molecule has 0 amide bonds. The van der Waals surface area contributed by atoms with Crippen molar-refractivity contribution in [3.05, 3.63) is 59.7 Å². The molecule has 2 heterocycles. The molecule has 0 aromatic heterocycles. The van der Waals surface area contributed by atoms with Crippen molar-refractivity contribution < 1.29 is 9.47 Å². The van der Waals surface area contributed by atoms with Crippen molar-refractivity contribution in [2.75, 3.05) is 33.4 Å². The molecule has 2 aliphatic rings. The first-order valence-corrected chi connectivity index (χ1v) is 10.9. The van der Waals surface area contributed by atoms with Gasteiger partial charge in [0.1, 0.15) is 11.5 Å². The fraction of sp³-hybridized carbons (Fsp3) is 0.458. The van der Waals surface area contributed by atoms with Gasteiger partial charge in [-0.2, -0.15) is 0 Å². The molecule has 2 atom stereocenters. The van der Waals surface area contributed by atoms with E-state index in [1.54, 1.807) is 7.11 Å². The number of fused-ring (bicyclic) bond motifs is 1. The molecule has 0 radical (unpaired) electrons. The van der Waals surface area contributed by atoms with Gasteiger partial charge in [0.25, 0.3) is 0 Å².